The zero-order valence-electron chi connectivity index (χ0n) is 9.46. The molecule has 0 bridgehead atoms. The van der Waals surface area contributed by atoms with E-state index < -0.39 is 0 Å². The maximum Gasteiger partial charge on any atom is 0.176 e. The van der Waals surface area contributed by atoms with Crippen LogP contribution in [0.1, 0.15) is 22.8 Å². The van der Waals surface area contributed by atoms with Gasteiger partial charge in [0.05, 0.1) is 13.7 Å². The number of aryl methyl sites for hydroxylation is 1. The minimum atomic E-state index is 0.0890. The molecule has 0 unspecified atom stereocenters. The quantitative estimate of drug-likeness (QED) is 0.746. The Morgan fingerprint density at radius 1 is 1.40 bits per heavy atom. The third kappa shape index (κ3) is 3.06. The van der Waals surface area contributed by atoms with E-state index in [1.54, 1.807) is 20.2 Å². The lowest BCUT2D eigenvalue weighted by atomic mass is 10.0. The fourth-order valence-electron chi connectivity index (χ4n) is 1.41. The minimum Gasteiger partial charge on any atom is -0.497 e. The van der Waals surface area contributed by atoms with Crippen LogP contribution in [-0.2, 0) is 6.42 Å². The molecule has 0 saturated carbocycles. The molecule has 1 rings (SSSR count). The second-order valence-corrected chi connectivity index (χ2v) is 3.38. The van der Waals surface area contributed by atoms with Crippen molar-refractivity contribution >= 4 is 5.78 Å². The summed E-state index contributed by atoms with van der Waals surface area (Å²) in [6.07, 6.45) is 0.900. The Morgan fingerprint density at radius 2 is 2.13 bits per heavy atom. The molecule has 1 N–H and O–H groups in total. The molecule has 1 aromatic carbocycles. The lowest BCUT2D eigenvalue weighted by Gasteiger charge is -2.07. The van der Waals surface area contributed by atoms with E-state index >= 15 is 0 Å². The molecule has 0 aliphatic heterocycles. The molecule has 82 valence electrons. The first-order valence-corrected chi connectivity index (χ1v) is 5.07. The number of ether oxygens (including phenoxy) is 1. The summed E-state index contributed by atoms with van der Waals surface area (Å²) in [4.78, 5) is 11.7. The Labute approximate surface area is 90.4 Å². The second kappa shape index (κ2) is 5.51. The molecule has 0 aliphatic carbocycles. The first kappa shape index (κ1) is 11.7. The van der Waals surface area contributed by atoms with E-state index in [1.165, 1.54) is 0 Å². The van der Waals surface area contributed by atoms with Crippen molar-refractivity contribution < 1.29 is 9.53 Å². The zero-order valence-corrected chi connectivity index (χ0v) is 9.46. The number of likely N-dealkylation sites (N-methyl/N-ethyl adjacent to an activating group) is 1. The SMILES string of the molecule is CCc1cc(OC)cc(C(=O)CNC)c1. The molecule has 0 amide bonds. The van der Waals surface area contributed by atoms with Gasteiger partial charge in [-0.1, -0.05) is 6.92 Å². The van der Waals surface area contributed by atoms with Crippen LogP contribution in [0.15, 0.2) is 18.2 Å². The Balaban J connectivity index is 3.01. The molecule has 3 heteroatoms. The van der Waals surface area contributed by atoms with Crippen LogP contribution < -0.4 is 10.1 Å². The van der Waals surface area contributed by atoms with Gasteiger partial charge in [0.25, 0.3) is 0 Å². The van der Waals surface area contributed by atoms with E-state index in [2.05, 4.69) is 12.2 Å². The van der Waals surface area contributed by atoms with Crippen LogP contribution in [0.2, 0.25) is 0 Å². The smallest absolute Gasteiger partial charge is 0.176 e. The van der Waals surface area contributed by atoms with Gasteiger partial charge >= 0.3 is 0 Å². The van der Waals surface area contributed by atoms with Crippen molar-refractivity contribution in [3.05, 3.63) is 29.3 Å². The highest BCUT2D eigenvalue weighted by atomic mass is 16.5. The Bertz CT molecular complexity index is 325. The van der Waals surface area contributed by atoms with E-state index in [4.69, 9.17) is 4.74 Å². The van der Waals surface area contributed by atoms with E-state index in [9.17, 15) is 4.79 Å². The summed E-state index contributed by atoms with van der Waals surface area (Å²) in [6, 6.07) is 5.65. The predicted octanol–water partition coefficient (Wildman–Crippen LogP) is 1.66. The summed E-state index contributed by atoms with van der Waals surface area (Å²) in [5.41, 5.74) is 1.83. The molecule has 0 atom stereocenters. The summed E-state index contributed by atoms with van der Waals surface area (Å²) < 4.78 is 5.15. The number of rotatable bonds is 5. The molecule has 3 nitrogen and oxygen atoms in total. The third-order valence-corrected chi connectivity index (χ3v) is 2.27. The van der Waals surface area contributed by atoms with Crippen LogP contribution in [0, 0.1) is 0 Å². The number of nitrogens with one attached hydrogen (secondary N) is 1. The van der Waals surface area contributed by atoms with Gasteiger partial charge in [0.1, 0.15) is 5.75 Å². The highest BCUT2D eigenvalue weighted by molar-refractivity contribution is 5.98. The number of Topliss-reactive ketones (excluding diaryl/α,β-unsaturated/α-hetero) is 1. The third-order valence-electron chi connectivity index (χ3n) is 2.27. The van der Waals surface area contributed by atoms with Crippen molar-refractivity contribution in [3.8, 4) is 5.75 Å². The van der Waals surface area contributed by atoms with Gasteiger partial charge in [-0.2, -0.15) is 0 Å². The van der Waals surface area contributed by atoms with Crippen molar-refractivity contribution in [1.82, 2.24) is 5.32 Å². The summed E-state index contributed by atoms with van der Waals surface area (Å²) in [5, 5.41) is 2.85. The number of carbonyl (C=O) groups is 1. The molecule has 0 radical (unpaired) electrons. The van der Waals surface area contributed by atoms with Crippen LogP contribution in [0.5, 0.6) is 5.75 Å². The van der Waals surface area contributed by atoms with Crippen molar-refractivity contribution in [2.24, 2.45) is 0 Å². The van der Waals surface area contributed by atoms with Crippen molar-refractivity contribution in [3.63, 3.8) is 0 Å². The fourth-order valence-corrected chi connectivity index (χ4v) is 1.41. The number of carbonyl (C=O) groups excluding carboxylic acids is 1. The summed E-state index contributed by atoms with van der Waals surface area (Å²) in [7, 11) is 3.37. The van der Waals surface area contributed by atoms with Crippen LogP contribution in [0.4, 0.5) is 0 Å². The number of hydrogen-bond donors (Lipinski definition) is 1. The molecule has 1 aromatic rings. The predicted molar refractivity (Wildman–Crippen MR) is 60.6 cm³/mol. The summed E-state index contributed by atoms with van der Waals surface area (Å²) in [5.74, 6) is 0.833. The fraction of sp³-hybridized carbons (Fsp3) is 0.417. The highest BCUT2D eigenvalue weighted by Crippen LogP contribution is 2.17. The molecule has 0 saturated heterocycles. The van der Waals surface area contributed by atoms with Gasteiger partial charge in [0.2, 0.25) is 0 Å². The zero-order chi connectivity index (χ0) is 11.3. The second-order valence-electron chi connectivity index (χ2n) is 3.38. The number of benzene rings is 1. The minimum absolute atomic E-state index is 0.0890. The van der Waals surface area contributed by atoms with Crippen LogP contribution in [0.25, 0.3) is 0 Å². The van der Waals surface area contributed by atoms with Gasteiger partial charge in [-0.3, -0.25) is 4.79 Å². The topological polar surface area (TPSA) is 38.3 Å². The van der Waals surface area contributed by atoms with Gasteiger partial charge in [-0.05, 0) is 37.2 Å². The Kier molecular flexibility index (Phi) is 4.31. The molecular weight excluding hydrogens is 190 g/mol. The highest BCUT2D eigenvalue weighted by Gasteiger charge is 2.07. The number of methoxy groups -OCH3 is 1. The van der Waals surface area contributed by atoms with E-state index in [-0.39, 0.29) is 5.78 Å². The maximum absolute atomic E-state index is 11.7. The standard InChI is InChI=1S/C12H17NO2/c1-4-9-5-10(12(14)8-13-2)7-11(6-9)15-3/h5-7,13H,4,8H2,1-3H3. The molecule has 0 aromatic heterocycles. The average Bonchev–Trinajstić information content (AvgIpc) is 2.28. The maximum atomic E-state index is 11.7. The van der Waals surface area contributed by atoms with E-state index in [0.29, 0.717) is 12.1 Å². The number of ketones is 1. The van der Waals surface area contributed by atoms with Crippen molar-refractivity contribution in [2.45, 2.75) is 13.3 Å². The van der Waals surface area contributed by atoms with Crippen molar-refractivity contribution in [2.75, 3.05) is 20.7 Å². The van der Waals surface area contributed by atoms with Crippen LogP contribution in [-0.4, -0.2) is 26.5 Å². The molecule has 0 fully saturated rings. The lowest BCUT2D eigenvalue weighted by molar-refractivity contribution is 0.0993. The van der Waals surface area contributed by atoms with E-state index in [1.807, 2.05) is 12.1 Å². The van der Waals surface area contributed by atoms with Gasteiger partial charge in [0.15, 0.2) is 5.78 Å². The Hall–Kier alpha value is -1.35. The van der Waals surface area contributed by atoms with E-state index in [0.717, 1.165) is 17.7 Å². The first-order chi connectivity index (χ1) is 7.21. The molecular formula is C12H17NO2. The Morgan fingerprint density at radius 3 is 2.67 bits per heavy atom. The van der Waals surface area contributed by atoms with Crippen LogP contribution >= 0.6 is 0 Å². The number of hydrogen-bond acceptors (Lipinski definition) is 3. The average molecular weight is 207 g/mol. The normalized spacial score (nSPS) is 10.1. The molecule has 15 heavy (non-hydrogen) atoms. The summed E-state index contributed by atoms with van der Waals surface area (Å²) in [6.45, 7) is 2.41. The van der Waals surface area contributed by atoms with Crippen molar-refractivity contribution in [1.29, 1.82) is 0 Å². The van der Waals surface area contributed by atoms with Crippen LogP contribution in [0.3, 0.4) is 0 Å². The molecule has 0 heterocycles. The molecule has 0 spiro atoms. The largest absolute Gasteiger partial charge is 0.497 e. The monoisotopic (exact) mass is 207 g/mol. The first-order valence-electron chi connectivity index (χ1n) is 5.07. The lowest BCUT2D eigenvalue weighted by Crippen LogP contribution is -2.18. The van der Waals surface area contributed by atoms with Gasteiger partial charge in [0, 0.05) is 5.56 Å². The van der Waals surface area contributed by atoms with Gasteiger partial charge in [-0.25, -0.2) is 0 Å². The van der Waals surface area contributed by atoms with Gasteiger partial charge < -0.3 is 10.1 Å². The summed E-state index contributed by atoms with van der Waals surface area (Å²) >= 11 is 0. The molecule has 0 aliphatic rings. The van der Waals surface area contributed by atoms with Gasteiger partial charge in [-0.15, -0.1) is 0 Å².